The van der Waals surface area contributed by atoms with Crippen molar-refractivity contribution in [3.8, 4) is 5.75 Å². The van der Waals surface area contributed by atoms with Crippen molar-refractivity contribution in [3.63, 3.8) is 0 Å². The summed E-state index contributed by atoms with van der Waals surface area (Å²) < 4.78 is 10.3. The average molecular weight is 258 g/mol. The molecule has 2 aromatic rings. The fraction of sp³-hybridized carbons (Fsp3) is 0.357. The molecule has 0 unspecified atom stereocenters. The van der Waals surface area contributed by atoms with Gasteiger partial charge in [0.25, 0.3) is 0 Å². The lowest BCUT2D eigenvalue weighted by molar-refractivity contribution is 0.0972. The van der Waals surface area contributed by atoms with E-state index in [1.807, 2.05) is 25.1 Å². The van der Waals surface area contributed by atoms with E-state index in [2.05, 4.69) is 14.9 Å². The number of carbonyl (C=O) groups is 1. The molecular weight excluding hydrogens is 244 g/mol. The van der Waals surface area contributed by atoms with Crippen LogP contribution in [0.2, 0.25) is 0 Å². The maximum atomic E-state index is 11.7. The standard InChI is InChI=1S/C14H14N2O3/c1-9-13(16-19-15-9)8-18-11-5-6-12-10(7-11)3-2-4-14(12)17/h5-7H,2-4,8H2,1H3. The second-order valence-electron chi connectivity index (χ2n) is 4.68. The molecular formula is C14H14N2O3. The summed E-state index contributed by atoms with van der Waals surface area (Å²) in [6.45, 7) is 2.14. The summed E-state index contributed by atoms with van der Waals surface area (Å²) in [7, 11) is 0. The number of carbonyl (C=O) groups excluding carboxylic acids is 1. The molecule has 0 N–H and O–H groups in total. The van der Waals surface area contributed by atoms with Gasteiger partial charge in [-0.2, -0.15) is 0 Å². The van der Waals surface area contributed by atoms with Crippen LogP contribution in [-0.2, 0) is 13.0 Å². The smallest absolute Gasteiger partial charge is 0.163 e. The number of hydrogen-bond donors (Lipinski definition) is 0. The number of hydrogen-bond acceptors (Lipinski definition) is 5. The van der Waals surface area contributed by atoms with Crippen molar-refractivity contribution in [1.82, 2.24) is 10.3 Å². The molecule has 1 heterocycles. The van der Waals surface area contributed by atoms with Gasteiger partial charge in [-0.25, -0.2) is 4.63 Å². The summed E-state index contributed by atoms with van der Waals surface area (Å²) in [5.41, 5.74) is 3.32. The number of rotatable bonds is 3. The van der Waals surface area contributed by atoms with Gasteiger partial charge in [-0.3, -0.25) is 4.79 Å². The molecule has 0 radical (unpaired) electrons. The van der Waals surface area contributed by atoms with Crippen molar-refractivity contribution in [1.29, 1.82) is 0 Å². The Balaban J connectivity index is 1.76. The molecule has 1 aliphatic carbocycles. The molecule has 1 aliphatic rings. The van der Waals surface area contributed by atoms with Crippen molar-refractivity contribution in [3.05, 3.63) is 40.7 Å². The largest absolute Gasteiger partial charge is 0.487 e. The Morgan fingerprint density at radius 2 is 2.21 bits per heavy atom. The van der Waals surface area contributed by atoms with E-state index in [4.69, 9.17) is 4.74 Å². The first-order chi connectivity index (χ1) is 9.24. The molecule has 0 amide bonds. The van der Waals surface area contributed by atoms with Gasteiger partial charge in [0.1, 0.15) is 23.7 Å². The molecule has 5 heteroatoms. The number of aryl methyl sites for hydroxylation is 2. The van der Waals surface area contributed by atoms with Gasteiger partial charge in [-0.1, -0.05) is 10.3 Å². The van der Waals surface area contributed by atoms with Crippen LogP contribution in [0.1, 0.15) is 40.2 Å². The van der Waals surface area contributed by atoms with Crippen LogP contribution in [0.25, 0.3) is 0 Å². The molecule has 0 atom stereocenters. The van der Waals surface area contributed by atoms with Crippen molar-refractivity contribution in [2.24, 2.45) is 0 Å². The molecule has 98 valence electrons. The molecule has 3 rings (SSSR count). The highest BCUT2D eigenvalue weighted by atomic mass is 16.6. The van der Waals surface area contributed by atoms with E-state index in [1.54, 1.807) is 0 Å². The molecule has 0 saturated carbocycles. The minimum atomic E-state index is 0.226. The van der Waals surface area contributed by atoms with Crippen molar-refractivity contribution in [2.45, 2.75) is 32.8 Å². The molecule has 0 fully saturated rings. The molecule has 0 aliphatic heterocycles. The van der Waals surface area contributed by atoms with Crippen LogP contribution in [0, 0.1) is 6.92 Å². The maximum absolute atomic E-state index is 11.7. The number of ether oxygens (including phenoxy) is 1. The number of nitrogens with zero attached hydrogens (tertiary/aromatic N) is 2. The molecule has 0 saturated heterocycles. The zero-order chi connectivity index (χ0) is 13.2. The minimum absolute atomic E-state index is 0.226. The van der Waals surface area contributed by atoms with Gasteiger partial charge in [0.05, 0.1) is 0 Å². The summed E-state index contributed by atoms with van der Waals surface area (Å²) >= 11 is 0. The Hall–Kier alpha value is -2.17. The highest BCUT2D eigenvalue weighted by Crippen LogP contribution is 2.25. The Morgan fingerprint density at radius 1 is 1.32 bits per heavy atom. The van der Waals surface area contributed by atoms with Crippen LogP contribution in [0.3, 0.4) is 0 Å². The lowest BCUT2D eigenvalue weighted by atomic mass is 9.90. The zero-order valence-electron chi connectivity index (χ0n) is 10.7. The molecule has 0 bridgehead atoms. The van der Waals surface area contributed by atoms with E-state index >= 15 is 0 Å². The molecule has 5 nitrogen and oxygen atoms in total. The second kappa shape index (κ2) is 4.84. The van der Waals surface area contributed by atoms with Crippen LogP contribution in [0.4, 0.5) is 0 Å². The van der Waals surface area contributed by atoms with E-state index in [1.165, 1.54) is 0 Å². The highest BCUT2D eigenvalue weighted by molar-refractivity contribution is 5.98. The number of benzene rings is 1. The van der Waals surface area contributed by atoms with Crippen molar-refractivity contribution in [2.75, 3.05) is 0 Å². The summed E-state index contributed by atoms with van der Waals surface area (Å²) in [6, 6.07) is 5.61. The van der Waals surface area contributed by atoms with Crippen molar-refractivity contribution >= 4 is 5.78 Å². The van der Waals surface area contributed by atoms with Crippen LogP contribution in [0.15, 0.2) is 22.8 Å². The normalized spacial score (nSPS) is 14.3. The topological polar surface area (TPSA) is 65.2 Å². The van der Waals surface area contributed by atoms with Gasteiger partial charge in [0.15, 0.2) is 5.78 Å². The summed E-state index contributed by atoms with van der Waals surface area (Å²) in [6.07, 6.45) is 2.50. The van der Waals surface area contributed by atoms with E-state index in [0.29, 0.717) is 18.7 Å². The molecule has 19 heavy (non-hydrogen) atoms. The van der Waals surface area contributed by atoms with Crippen molar-refractivity contribution < 1.29 is 14.2 Å². The first-order valence-corrected chi connectivity index (χ1v) is 6.31. The molecule has 1 aromatic carbocycles. The van der Waals surface area contributed by atoms with Crippen LogP contribution in [-0.4, -0.2) is 16.1 Å². The first-order valence-electron chi connectivity index (χ1n) is 6.31. The average Bonchev–Trinajstić information content (AvgIpc) is 2.82. The zero-order valence-corrected chi connectivity index (χ0v) is 10.7. The summed E-state index contributed by atoms with van der Waals surface area (Å²) in [4.78, 5) is 11.7. The maximum Gasteiger partial charge on any atom is 0.163 e. The van der Waals surface area contributed by atoms with E-state index in [9.17, 15) is 4.79 Å². The lowest BCUT2D eigenvalue weighted by Gasteiger charge is -2.15. The van der Waals surface area contributed by atoms with E-state index in [0.717, 1.165) is 35.4 Å². The summed E-state index contributed by atoms with van der Waals surface area (Å²) in [5.74, 6) is 0.972. The minimum Gasteiger partial charge on any atom is -0.487 e. The van der Waals surface area contributed by atoms with Crippen LogP contribution < -0.4 is 4.74 Å². The highest BCUT2D eigenvalue weighted by Gasteiger charge is 2.17. The Bertz CT molecular complexity index is 619. The Kier molecular flexibility index (Phi) is 3.03. The fourth-order valence-corrected chi connectivity index (χ4v) is 2.24. The van der Waals surface area contributed by atoms with Gasteiger partial charge in [0.2, 0.25) is 0 Å². The second-order valence-corrected chi connectivity index (χ2v) is 4.68. The Labute approximate surface area is 110 Å². The third-order valence-corrected chi connectivity index (χ3v) is 3.35. The fourth-order valence-electron chi connectivity index (χ4n) is 2.24. The van der Waals surface area contributed by atoms with Crippen LogP contribution >= 0.6 is 0 Å². The van der Waals surface area contributed by atoms with Gasteiger partial charge in [-0.05, 0) is 43.5 Å². The van der Waals surface area contributed by atoms with E-state index in [-0.39, 0.29) is 5.78 Å². The van der Waals surface area contributed by atoms with Gasteiger partial charge >= 0.3 is 0 Å². The molecule has 1 aromatic heterocycles. The number of ketones is 1. The predicted molar refractivity (Wildman–Crippen MR) is 67.1 cm³/mol. The number of aromatic nitrogens is 2. The third kappa shape index (κ3) is 2.36. The van der Waals surface area contributed by atoms with Gasteiger partial charge in [0, 0.05) is 12.0 Å². The number of fused-ring (bicyclic) bond motifs is 1. The van der Waals surface area contributed by atoms with Gasteiger partial charge in [-0.15, -0.1) is 0 Å². The van der Waals surface area contributed by atoms with E-state index < -0.39 is 0 Å². The quantitative estimate of drug-likeness (QED) is 0.846. The van der Waals surface area contributed by atoms with Gasteiger partial charge < -0.3 is 4.74 Å². The third-order valence-electron chi connectivity index (χ3n) is 3.35. The first kappa shape index (κ1) is 11.9. The SMILES string of the molecule is Cc1nonc1COc1ccc2c(c1)CCCC2=O. The van der Waals surface area contributed by atoms with Crippen LogP contribution in [0.5, 0.6) is 5.75 Å². The predicted octanol–water partition coefficient (Wildman–Crippen LogP) is 2.48. The monoisotopic (exact) mass is 258 g/mol. The lowest BCUT2D eigenvalue weighted by Crippen LogP contribution is -2.10. The number of Topliss-reactive ketones (excluding diaryl/α,β-unsaturated/α-hetero) is 1. The molecule has 0 spiro atoms. The summed E-state index contributed by atoms with van der Waals surface area (Å²) in [5, 5.41) is 7.46. The Morgan fingerprint density at radius 3 is 3.00 bits per heavy atom.